The molecule has 0 bridgehead atoms. The quantitative estimate of drug-likeness (QED) is 0.505. The number of unbranched alkanes of at least 4 members (excludes halogenated alkanes) is 1. The fourth-order valence-corrected chi connectivity index (χ4v) is 0. The van der Waals surface area contributed by atoms with Gasteiger partial charge < -0.3 is 13.8 Å². The third kappa shape index (κ3) is 436. The van der Waals surface area contributed by atoms with E-state index < -0.39 is 0 Å². The van der Waals surface area contributed by atoms with Crippen molar-refractivity contribution in [2.45, 2.75) is 12.8 Å². The standard InChI is InChI=1S/C4H8.2C3H5.2Zn/c1-3-4-2;2*1-3-2;;/h1-4H2;2*3H,1-2H2;;/q-2;2*-1;2*+2. The second kappa shape index (κ2) is 63.0. The molecule has 0 unspecified atom stereocenters. The topological polar surface area (TPSA) is 0 Å². The molecule has 0 saturated heterocycles. The summed E-state index contributed by atoms with van der Waals surface area (Å²) in [6.07, 6.45) is 4.92. The Balaban J connectivity index is -0.0000000191. The van der Waals surface area contributed by atoms with Crippen LogP contribution < -0.4 is 0 Å². The molecule has 0 fully saturated rings. The molecule has 0 aliphatic heterocycles. The van der Waals surface area contributed by atoms with E-state index in [2.05, 4.69) is 40.9 Å². The van der Waals surface area contributed by atoms with Crippen molar-refractivity contribution in [1.29, 1.82) is 0 Å². The summed E-state index contributed by atoms with van der Waals surface area (Å²) in [5.41, 5.74) is 0. The van der Waals surface area contributed by atoms with Crippen molar-refractivity contribution in [1.82, 2.24) is 0 Å². The van der Waals surface area contributed by atoms with E-state index in [-0.39, 0.29) is 39.0 Å². The number of rotatable bonds is 1. The number of hydrogen-bond acceptors (Lipinski definition) is 0. The van der Waals surface area contributed by atoms with Gasteiger partial charge in [0.05, 0.1) is 0 Å². The third-order valence-corrected chi connectivity index (χ3v) is 0.250. The predicted octanol–water partition coefficient (Wildman–Crippen LogP) is 3.44. The van der Waals surface area contributed by atoms with Crippen LogP contribution in [0.2, 0.25) is 0 Å². The van der Waals surface area contributed by atoms with E-state index in [1.54, 1.807) is 0 Å². The summed E-state index contributed by atoms with van der Waals surface area (Å²) >= 11 is 0. The summed E-state index contributed by atoms with van der Waals surface area (Å²) in [6, 6.07) is 0. The molecule has 0 aromatic rings. The maximum absolute atomic E-state index is 3.54. The molecule has 62 valence electrons. The van der Waals surface area contributed by atoms with Gasteiger partial charge in [-0.2, -0.15) is 0 Å². The van der Waals surface area contributed by atoms with Crippen LogP contribution >= 0.6 is 0 Å². The Labute approximate surface area is 104 Å². The fraction of sp³-hybridized carbons (Fsp3) is 0.200. The fourth-order valence-electron chi connectivity index (χ4n) is 0. The third-order valence-electron chi connectivity index (χ3n) is 0.250. The zero-order valence-electron chi connectivity index (χ0n) is 8.23. The largest absolute Gasteiger partial charge is 2.00 e. The van der Waals surface area contributed by atoms with Crippen LogP contribution in [0.4, 0.5) is 0 Å². The second-order valence-electron chi connectivity index (χ2n) is 1.28. The van der Waals surface area contributed by atoms with Crippen LogP contribution in [0.25, 0.3) is 0 Å². The van der Waals surface area contributed by atoms with Gasteiger partial charge in [0.25, 0.3) is 0 Å². The maximum Gasteiger partial charge on any atom is 2.00 e. The van der Waals surface area contributed by atoms with Gasteiger partial charge in [-0.25, -0.2) is 52.0 Å². The van der Waals surface area contributed by atoms with Crippen molar-refractivity contribution >= 4 is 0 Å². The Morgan fingerprint density at radius 1 is 0.833 bits per heavy atom. The van der Waals surface area contributed by atoms with E-state index >= 15 is 0 Å². The van der Waals surface area contributed by atoms with E-state index in [0.717, 1.165) is 12.8 Å². The van der Waals surface area contributed by atoms with Crippen LogP contribution in [-0.2, 0) is 39.0 Å². The first-order valence-corrected chi connectivity index (χ1v) is 3.13. The molecule has 0 aliphatic carbocycles. The van der Waals surface area contributed by atoms with Crippen LogP contribution in [0.1, 0.15) is 12.8 Å². The van der Waals surface area contributed by atoms with E-state index in [4.69, 9.17) is 0 Å². The van der Waals surface area contributed by atoms with Gasteiger partial charge in [0, 0.05) is 0 Å². The molecule has 0 saturated carbocycles. The summed E-state index contributed by atoms with van der Waals surface area (Å²) < 4.78 is 0. The molecule has 0 heterocycles. The van der Waals surface area contributed by atoms with Gasteiger partial charge in [0.15, 0.2) is 0 Å². The Hall–Kier alpha value is 0.467. The SMILES string of the molecule is C=C[CH2-].C=C[CH2-].[CH2-]CC[CH2-].[Zn+2].[Zn+2]. The Kier molecular flexibility index (Phi) is 154. The molecule has 0 radical (unpaired) electrons. The maximum atomic E-state index is 3.54. The molecule has 0 N–H and O–H groups in total. The Bertz CT molecular complexity index is 43.8. The molecule has 0 spiro atoms. The van der Waals surface area contributed by atoms with Crippen LogP contribution in [0.15, 0.2) is 25.3 Å². The summed E-state index contributed by atoms with van der Waals surface area (Å²) in [7, 11) is 0. The summed E-state index contributed by atoms with van der Waals surface area (Å²) in [4.78, 5) is 0. The van der Waals surface area contributed by atoms with E-state index in [1.807, 2.05) is 0 Å². The predicted molar refractivity (Wildman–Crippen MR) is 51.1 cm³/mol. The molecule has 0 aliphatic rings. The zero-order valence-corrected chi connectivity index (χ0v) is 14.2. The van der Waals surface area contributed by atoms with Crippen LogP contribution in [-0.4, -0.2) is 0 Å². The van der Waals surface area contributed by atoms with Gasteiger partial charge in [0.2, 0.25) is 0 Å². The van der Waals surface area contributed by atoms with Crippen molar-refractivity contribution in [2.24, 2.45) is 0 Å². The monoisotopic (exact) mass is 266 g/mol. The van der Waals surface area contributed by atoms with E-state index in [9.17, 15) is 0 Å². The van der Waals surface area contributed by atoms with Crippen LogP contribution in [0, 0.1) is 27.7 Å². The van der Waals surface area contributed by atoms with Crippen molar-refractivity contribution in [2.75, 3.05) is 0 Å². The summed E-state index contributed by atoms with van der Waals surface area (Å²) in [6.45, 7) is 20.1. The Morgan fingerprint density at radius 2 is 0.917 bits per heavy atom. The summed E-state index contributed by atoms with van der Waals surface area (Å²) in [5, 5.41) is 0. The van der Waals surface area contributed by atoms with Crippen molar-refractivity contribution in [3.63, 3.8) is 0 Å². The first-order valence-electron chi connectivity index (χ1n) is 3.13. The molecule has 0 nitrogen and oxygen atoms in total. The Morgan fingerprint density at radius 3 is 0.917 bits per heavy atom. The van der Waals surface area contributed by atoms with Crippen LogP contribution in [0.5, 0.6) is 0 Å². The zero-order chi connectivity index (χ0) is 8.83. The minimum Gasteiger partial charge on any atom is -0.346 e. The van der Waals surface area contributed by atoms with Gasteiger partial charge in [-0.05, 0) is 0 Å². The minimum atomic E-state index is 0. The first kappa shape index (κ1) is 29.4. The molecular weight excluding hydrogens is 251 g/mol. The van der Waals surface area contributed by atoms with Gasteiger partial charge in [-0.15, -0.1) is 0 Å². The average Bonchev–Trinajstić information content (AvgIpc) is 1.91. The second-order valence-corrected chi connectivity index (χ2v) is 1.28. The molecule has 0 aromatic heterocycles. The van der Waals surface area contributed by atoms with Gasteiger partial charge >= 0.3 is 39.0 Å². The van der Waals surface area contributed by atoms with Gasteiger partial charge in [-0.3, -0.25) is 0 Å². The van der Waals surface area contributed by atoms with Crippen molar-refractivity contribution in [3.8, 4) is 0 Å². The number of allylic oxidation sites excluding steroid dienone is 2. The molecule has 0 atom stereocenters. The van der Waals surface area contributed by atoms with Crippen molar-refractivity contribution < 1.29 is 39.0 Å². The normalized spacial score (nSPS) is 4.50. The molecule has 2 heteroatoms. The molecule has 0 rings (SSSR count). The first-order chi connectivity index (χ1) is 4.74. The smallest absolute Gasteiger partial charge is 0.346 e. The number of hydrogen-bond donors (Lipinski definition) is 0. The molecule has 0 aromatic carbocycles. The van der Waals surface area contributed by atoms with Gasteiger partial charge in [0.1, 0.15) is 0 Å². The van der Waals surface area contributed by atoms with Gasteiger partial charge in [-0.1, -0.05) is 0 Å². The summed E-state index contributed by atoms with van der Waals surface area (Å²) in [5.74, 6) is 0. The minimum absolute atomic E-state index is 0. The van der Waals surface area contributed by atoms with Crippen molar-refractivity contribution in [3.05, 3.63) is 53.0 Å². The molecular formula is C10H18Zn2. The van der Waals surface area contributed by atoms with E-state index in [1.165, 1.54) is 12.2 Å². The average molecular weight is 269 g/mol. The van der Waals surface area contributed by atoms with Crippen LogP contribution in [0.3, 0.4) is 0 Å². The van der Waals surface area contributed by atoms with E-state index in [0.29, 0.717) is 0 Å². The molecule has 0 amide bonds. The molecule has 12 heavy (non-hydrogen) atoms.